The molecule has 0 saturated heterocycles. The van der Waals surface area contributed by atoms with Crippen LogP contribution in [0.4, 0.5) is 0 Å². The van der Waals surface area contributed by atoms with Crippen LogP contribution in [0.15, 0.2) is 0 Å². The molecule has 6 nitrogen and oxygen atoms in total. The Kier molecular flexibility index (Phi) is 14.4. The molecule has 91 valence electrons. The summed E-state index contributed by atoms with van der Waals surface area (Å²) in [4.78, 5) is 9.90. The summed E-state index contributed by atoms with van der Waals surface area (Å²) in [5.41, 5.74) is 0. The van der Waals surface area contributed by atoms with E-state index in [9.17, 15) is 4.79 Å². The summed E-state index contributed by atoms with van der Waals surface area (Å²) in [7, 11) is 0. The summed E-state index contributed by atoms with van der Waals surface area (Å²) >= 11 is 0. The number of aliphatic hydroxyl groups excluding tert-OH is 5. The fourth-order valence-corrected chi connectivity index (χ4v) is 0.618. The van der Waals surface area contributed by atoms with Gasteiger partial charge < -0.3 is 30.3 Å². The minimum absolute atomic E-state index is 0. The van der Waals surface area contributed by atoms with Crippen LogP contribution in [-0.4, -0.2) is 62.8 Å². The standard InChI is InChI=1S/C6H12O6.Au.H2S/c7-1-3(9)5(11)6(12)4(10)2-8;;/h1,3-6,8-12H,2H2;;1H2/t3-,4+,5+,6+;;/m0../s1. The van der Waals surface area contributed by atoms with Crippen LogP contribution in [0, 0.1) is 0 Å². The first-order valence-corrected chi connectivity index (χ1v) is 3.33. The molecule has 0 aromatic heterocycles. The number of hydrogen-bond acceptors (Lipinski definition) is 6. The smallest absolute Gasteiger partial charge is 0.151 e. The summed E-state index contributed by atoms with van der Waals surface area (Å²) in [6.07, 6.45) is -6.84. The first-order chi connectivity index (χ1) is 5.54. The van der Waals surface area contributed by atoms with Gasteiger partial charge in [0.25, 0.3) is 0 Å². The van der Waals surface area contributed by atoms with Gasteiger partial charge in [0, 0.05) is 22.4 Å². The van der Waals surface area contributed by atoms with Crippen LogP contribution >= 0.6 is 13.5 Å². The summed E-state index contributed by atoms with van der Waals surface area (Å²) < 4.78 is 0. The van der Waals surface area contributed by atoms with Gasteiger partial charge in [-0.15, -0.1) is 0 Å². The first kappa shape index (κ1) is 20.0. The number of carbonyl (C=O) groups is 1. The molecule has 0 aliphatic heterocycles. The van der Waals surface area contributed by atoms with Crippen LogP contribution in [0.25, 0.3) is 0 Å². The monoisotopic (exact) mass is 411 g/mol. The Balaban J connectivity index is -0.000000605. The number of carbonyl (C=O) groups excluding carboxylic acids is 1. The van der Waals surface area contributed by atoms with Gasteiger partial charge in [0.2, 0.25) is 0 Å². The molecule has 0 aromatic rings. The van der Waals surface area contributed by atoms with Crippen LogP contribution < -0.4 is 0 Å². The molecule has 0 unspecified atom stereocenters. The molecular weight excluding hydrogens is 397 g/mol. The SMILES string of the molecule is O=C[C@H](O)[C@@H](O)[C@H](O)[C@H](O)CO.S.[Au]. The predicted molar refractivity (Wildman–Crippen MR) is 47.6 cm³/mol. The Hall–Kier alpha value is 0.560. The Bertz CT molecular complexity index is 148. The van der Waals surface area contributed by atoms with Gasteiger partial charge in [0.05, 0.1) is 6.61 Å². The van der Waals surface area contributed by atoms with Crippen molar-refractivity contribution in [1.29, 1.82) is 0 Å². The van der Waals surface area contributed by atoms with E-state index in [1.165, 1.54) is 0 Å². The van der Waals surface area contributed by atoms with Gasteiger partial charge in [0.1, 0.15) is 24.4 Å². The van der Waals surface area contributed by atoms with E-state index in [1.54, 1.807) is 0 Å². The molecule has 14 heavy (non-hydrogen) atoms. The topological polar surface area (TPSA) is 118 Å². The van der Waals surface area contributed by atoms with Gasteiger partial charge >= 0.3 is 0 Å². The van der Waals surface area contributed by atoms with E-state index in [4.69, 9.17) is 25.5 Å². The molecule has 4 atom stereocenters. The van der Waals surface area contributed by atoms with E-state index < -0.39 is 31.0 Å². The third kappa shape index (κ3) is 6.12. The van der Waals surface area contributed by atoms with Crippen molar-refractivity contribution >= 4 is 19.8 Å². The molecule has 0 rings (SSSR count). The van der Waals surface area contributed by atoms with Crippen molar-refractivity contribution in [2.24, 2.45) is 0 Å². The summed E-state index contributed by atoms with van der Waals surface area (Å²) in [6, 6.07) is 0. The van der Waals surface area contributed by atoms with E-state index >= 15 is 0 Å². The minimum Gasteiger partial charge on any atom is -0.394 e. The van der Waals surface area contributed by atoms with Crippen LogP contribution in [0.1, 0.15) is 0 Å². The van der Waals surface area contributed by atoms with Crippen molar-refractivity contribution < 1.29 is 52.7 Å². The van der Waals surface area contributed by atoms with Crippen molar-refractivity contribution in [1.82, 2.24) is 0 Å². The maximum atomic E-state index is 9.90. The van der Waals surface area contributed by atoms with Gasteiger partial charge in [0.15, 0.2) is 6.29 Å². The molecule has 0 fully saturated rings. The molecular formula is C6H14AuO6S. The van der Waals surface area contributed by atoms with Crippen LogP contribution in [0.2, 0.25) is 0 Å². The fraction of sp³-hybridized carbons (Fsp3) is 0.833. The number of rotatable bonds is 5. The van der Waals surface area contributed by atoms with Crippen LogP contribution in [0.5, 0.6) is 0 Å². The van der Waals surface area contributed by atoms with E-state index in [0.717, 1.165) is 0 Å². The average molecular weight is 411 g/mol. The fourth-order valence-electron chi connectivity index (χ4n) is 0.618. The zero-order valence-corrected chi connectivity index (χ0v) is 10.2. The normalized spacial score (nSPS) is 18.1. The predicted octanol–water partition coefficient (Wildman–Crippen LogP) is -3.27. The van der Waals surface area contributed by atoms with Gasteiger partial charge in [-0.05, 0) is 0 Å². The van der Waals surface area contributed by atoms with E-state index in [2.05, 4.69) is 0 Å². The maximum Gasteiger partial charge on any atom is 0.151 e. The van der Waals surface area contributed by atoms with Crippen molar-refractivity contribution in [3.8, 4) is 0 Å². The average Bonchev–Trinajstić information content (AvgIpc) is 2.12. The second-order valence-corrected chi connectivity index (χ2v) is 2.36. The largest absolute Gasteiger partial charge is 0.394 e. The number of aldehydes is 1. The van der Waals surface area contributed by atoms with Crippen LogP contribution in [-0.2, 0) is 27.2 Å². The second kappa shape index (κ2) is 10.1. The van der Waals surface area contributed by atoms with Crippen molar-refractivity contribution in [3.63, 3.8) is 0 Å². The molecule has 0 aliphatic carbocycles. The number of hydrogen-bond donors (Lipinski definition) is 5. The zero-order chi connectivity index (χ0) is 9.72. The Labute approximate surface area is 104 Å². The maximum absolute atomic E-state index is 9.90. The van der Waals surface area contributed by atoms with Crippen LogP contribution in [0.3, 0.4) is 0 Å². The third-order valence-corrected chi connectivity index (χ3v) is 1.42. The summed E-state index contributed by atoms with van der Waals surface area (Å²) in [5, 5.41) is 43.5. The molecule has 0 amide bonds. The van der Waals surface area contributed by atoms with Gasteiger partial charge in [-0.25, -0.2) is 0 Å². The molecule has 1 radical (unpaired) electrons. The van der Waals surface area contributed by atoms with Crippen molar-refractivity contribution in [3.05, 3.63) is 0 Å². The summed E-state index contributed by atoms with van der Waals surface area (Å²) in [5.74, 6) is 0. The van der Waals surface area contributed by atoms with E-state index in [0.29, 0.717) is 0 Å². The molecule has 0 bridgehead atoms. The van der Waals surface area contributed by atoms with E-state index in [1.807, 2.05) is 0 Å². The Morgan fingerprint density at radius 2 is 1.50 bits per heavy atom. The molecule has 0 heterocycles. The first-order valence-electron chi connectivity index (χ1n) is 3.33. The second-order valence-electron chi connectivity index (χ2n) is 2.36. The minimum atomic E-state index is -1.79. The van der Waals surface area contributed by atoms with E-state index in [-0.39, 0.29) is 42.2 Å². The van der Waals surface area contributed by atoms with Crippen molar-refractivity contribution in [2.75, 3.05) is 6.61 Å². The summed E-state index contributed by atoms with van der Waals surface area (Å²) in [6.45, 7) is -0.760. The van der Waals surface area contributed by atoms with Gasteiger partial charge in [-0.3, -0.25) is 0 Å². The Morgan fingerprint density at radius 3 is 1.79 bits per heavy atom. The van der Waals surface area contributed by atoms with Gasteiger partial charge in [-0.2, -0.15) is 13.5 Å². The molecule has 0 saturated carbocycles. The van der Waals surface area contributed by atoms with Crippen molar-refractivity contribution in [2.45, 2.75) is 24.4 Å². The molecule has 0 aromatic carbocycles. The molecule has 5 N–H and O–H groups in total. The quantitative estimate of drug-likeness (QED) is 0.240. The third-order valence-electron chi connectivity index (χ3n) is 1.42. The number of aliphatic hydroxyl groups is 5. The molecule has 0 aliphatic rings. The zero-order valence-electron chi connectivity index (χ0n) is 7.04. The molecule has 0 spiro atoms. The van der Waals surface area contributed by atoms with Gasteiger partial charge in [-0.1, -0.05) is 0 Å². The molecule has 8 heteroatoms. The Morgan fingerprint density at radius 1 is 1.07 bits per heavy atom.